The van der Waals surface area contributed by atoms with Gasteiger partial charge in [-0.25, -0.2) is 9.59 Å². The van der Waals surface area contributed by atoms with Crippen LogP contribution in [-0.4, -0.2) is 31.0 Å². The number of unbranched alkanes of at least 4 members (excludes halogenated alkanes) is 1. The lowest BCUT2D eigenvalue weighted by Crippen LogP contribution is -2.07. The summed E-state index contributed by atoms with van der Waals surface area (Å²) in [5.74, 6) is -0.675. The van der Waals surface area contributed by atoms with Gasteiger partial charge in [0.05, 0.1) is 19.3 Å². The predicted molar refractivity (Wildman–Crippen MR) is 79.9 cm³/mol. The molecule has 0 aliphatic heterocycles. The summed E-state index contributed by atoms with van der Waals surface area (Å²) in [6, 6.07) is 8.84. The lowest BCUT2D eigenvalue weighted by Gasteiger charge is -2.04. The van der Waals surface area contributed by atoms with Crippen molar-refractivity contribution in [2.24, 2.45) is 0 Å². The molecule has 0 bridgehead atoms. The quantitative estimate of drug-likeness (QED) is 0.331. The molecule has 5 heteroatoms. The van der Waals surface area contributed by atoms with Crippen LogP contribution in [0.25, 0.3) is 0 Å². The first-order valence-corrected chi connectivity index (χ1v) is 7.36. The van der Waals surface area contributed by atoms with Gasteiger partial charge in [0.2, 0.25) is 0 Å². The normalized spacial score (nSPS) is 11.0. The fourth-order valence-electron chi connectivity index (χ4n) is 1.51. The summed E-state index contributed by atoms with van der Waals surface area (Å²) < 4.78 is 9.77. The molecule has 0 aromatic heterocycles. The second kappa shape index (κ2) is 9.31. The van der Waals surface area contributed by atoms with Crippen LogP contribution in [0.15, 0.2) is 42.0 Å². The van der Waals surface area contributed by atoms with Crippen molar-refractivity contribution in [2.45, 2.75) is 12.8 Å². The zero-order valence-corrected chi connectivity index (χ0v) is 12.9. The number of allylic oxidation sites excluding steroid dienone is 1. The second-order valence-electron chi connectivity index (χ2n) is 4.00. The molecule has 1 aromatic rings. The maximum atomic E-state index is 11.6. The minimum atomic E-state index is -0.344. The first-order valence-electron chi connectivity index (χ1n) is 6.24. The Morgan fingerprint density at radius 2 is 1.95 bits per heavy atom. The van der Waals surface area contributed by atoms with Gasteiger partial charge in [0.1, 0.15) is 0 Å². The van der Waals surface area contributed by atoms with Crippen LogP contribution in [0, 0.1) is 0 Å². The highest BCUT2D eigenvalue weighted by atomic mass is 79.9. The lowest BCUT2D eigenvalue weighted by atomic mass is 10.2. The smallest absolute Gasteiger partial charge is 0.338 e. The number of hydrogen-bond donors (Lipinski definition) is 0. The third-order valence-electron chi connectivity index (χ3n) is 2.57. The summed E-state index contributed by atoms with van der Waals surface area (Å²) in [5, 5.41) is 0.448. The first-order chi connectivity index (χ1) is 9.69. The van der Waals surface area contributed by atoms with Crippen molar-refractivity contribution in [1.29, 1.82) is 0 Å². The van der Waals surface area contributed by atoms with Crippen LogP contribution < -0.4 is 0 Å². The minimum absolute atomic E-state index is 0.320. The van der Waals surface area contributed by atoms with Crippen LogP contribution in [0.4, 0.5) is 0 Å². The van der Waals surface area contributed by atoms with Gasteiger partial charge >= 0.3 is 11.9 Å². The number of carbonyl (C=O) groups is 2. The monoisotopic (exact) mass is 340 g/mol. The van der Waals surface area contributed by atoms with E-state index in [1.165, 1.54) is 7.11 Å². The molecule has 0 saturated heterocycles. The van der Waals surface area contributed by atoms with Gasteiger partial charge in [-0.15, -0.1) is 0 Å². The van der Waals surface area contributed by atoms with Gasteiger partial charge < -0.3 is 9.47 Å². The summed E-state index contributed by atoms with van der Waals surface area (Å²) in [6.45, 7) is 0.320. The van der Waals surface area contributed by atoms with Gasteiger partial charge in [-0.2, -0.15) is 0 Å². The fourth-order valence-corrected chi connectivity index (χ4v) is 1.96. The molecule has 1 aromatic carbocycles. The molecule has 0 heterocycles. The maximum absolute atomic E-state index is 11.6. The Hall–Kier alpha value is -1.62. The number of ether oxygens (including phenoxy) is 2. The number of halogens is 1. The molecule has 0 N–H and O–H groups in total. The van der Waals surface area contributed by atoms with E-state index >= 15 is 0 Å². The molecule has 108 valence electrons. The second-order valence-corrected chi connectivity index (χ2v) is 4.56. The molecule has 0 unspecified atom stereocenters. The molecule has 1 rings (SSSR count). The van der Waals surface area contributed by atoms with E-state index in [1.807, 2.05) is 6.07 Å². The first kappa shape index (κ1) is 16.4. The number of esters is 2. The van der Waals surface area contributed by atoms with Gasteiger partial charge in [-0.3, -0.25) is 0 Å². The largest absolute Gasteiger partial charge is 0.466 e. The van der Waals surface area contributed by atoms with Crippen LogP contribution >= 0.6 is 15.9 Å². The number of benzene rings is 1. The van der Waals surface area contributed by atoms with Crippen molar-refractivity contribution < 1.29 is 19.1 Å². The third kappa shape index (κ3) is 5.57. The van der Waals surface area contributed by atoms with Gasteiger partial charge in [0.25, 0.3) is 0 Å². The van der Waals surface area contributed by atoms with E-state index in [4.69, 9.17) is 4.74 Å². The van der Waals surface area contributed by atoms with E-state index < -0.39 is 0 Å². The Balaban J connectivity index is 2.30. The average Bonchev–Trinajstić information content (AvgIpc) is 2.50. The minimum Gasteiger partial charge on any atom is -0.466 e. The van der Waals surface area contributed by atoms with E-state index in [2.05, 4.69) is 20.7 Å². The third-order valence-corrected chi connectivity index (χ3v) is 3.18. The zero-order chi connectivity index (χ0) is 14.8. The Labute approximate surface area is 126 Å². The van der Waals surface area contributed by atoms with Crippen molar-refractivity contribution >= 4 is 27.9 Å². The number of carbonyl (C=O) groups excluding carboxylic acids is 2. The van der Waals surface area contributed by atoms with Crippen LogP contribution in [0.1, 0.15) is 23.2 Å². The fraction of sp³-hybridized carbons (Fsp3) is 0.333. The van der Waals surface area contributed by atoms with E-state index in [0.29, 0.717) is 35.9 Å². The van der Waals surface area contributed by atoms with E-state index in [1.54, 1.807) is 30.3 Å². The highest BCUT2D eigenvalue weighted by Gasteiger charge is 2.07. The molecule has 0 aliphatic rings. The van der Waals surface area contributed by atoms with Gasteiger partial charge in [-0.1, -0.05) is 40.2 Å². The number of hydrogen-bond acceptors (Lipinski definition) is 4. The maximum Gasteiger partial charge on any atom is 0.338 e. The van der Waals surface area contributed by atoms with Crippen LogP contribution in [0.2, 0.25) is 0 Å². The van der Waals surface area contributed by atoms with Crippen molar-refractivity contribution in [3.05, 3.63) is 47.5 Å². The summed E-state index contributed by atoms with van der Waals surface area (Å²) >= 11 is 3.23. The molecule has 0 saturated carbocycles. The Kier molecular flexibility index (Phi) is 7.65. The molecule has 0 spiro atoms. The van der Waals surface area contributed by atoms with Gasteiger partial charge in [0.15, 0.2) is 0 Å². The molecule has 0 radical (unpaired) electrons. The zero-order valence-electron chi connectivity index (χ0n) is 11.3. The van der Waals surface area contributed by atoms with Gasteiger partial charge in [0, 0.05) is 10.9 Å². The van der Waals surface area contributed by atoms with E-state index in [0.717, 1.165) is 0 Å². The highest BCUT2D eigenvalue weighted by Crippen LogP contribution is 2.06. The average molecular weight is 341 g/mol. The molecule has 0 amide bonds. The molecule has 0 fully saturated rings. The van der Waals surface area contributed by atoms with Crippen LogP contribution in [-0.2, 0) is 14.3 Å². The summed E-state index contributed by atoms with van der Waals surface area (Å²) in [6.07, 6.45) is 3.10. The van der Waals surface area contributed by atoms with E-state index in [9.17, 15) is 9.59 Å². The Bertz CT molecular complexity index is 468. The molecule has 0 aliphatic carbocycles. The number of rotatable bonds is 7. The number of methoxy groups -OCH3 is 1. The number of alkyl halides is 1. The molecule has 4 nitrogen and oxygen atoms in total. The Morgan fingerprint density at radius 1 is 1.25 bits per heavy atom. The van der Waals surface area contributed by atoms with E-state index in [-0.39, 0.29) is 11.9 Å². The topological polar surface area (TPSA) is 52.6 Å². The summed E-state index contributed by atoms with van der Waals surface area (Å²) in [7, 11) is 1.35. The van der Waals surface area contributed by atoms with Crippen molar-refractivity contribution in [3.8, 4) is 0 Å². The standard InChI is InChI=1S/C15H17BrO4/c1-19-14(17)13(11-16)9-5-6-10-20-15(18)12-7-3-2-4-8-12/h2-4,7-9H,5-6,10-11H2,1H3/b13-9+. The molecular formula is C15H17BrO4. The van der Waals surface area contributed by atoms with Crippen LogP contribution in [0.3, 0.4) is 0 Å². The van der Waals surface area contributed by atoms with Crippen molar-refractivity contribution in [1.82, 2.24) is 0 Å². The highest BCUT2D eigenvalue weighted by molar-refractivity contribution is 9.09. The lowest BCUT2D eigenvalue weighted by molar-refractivity contribution is -0.136. The molecule has 0 atom stereocenters. The molecular weight excluding hydrogens is 324 g/mol. The summed E-state index contributed by atoms with van der Waals surface area (Å²) in [5.41, 5.74) is 1.11. The van der Waals surface area contributed by atoms with Crippen LogP contribution in [0.5, 0.6) is 0 Å². The van der Waals surface area contributed by atoms with Gasteiger partial charge in [-0.05, 0) is 25.0 Å². The Morgan fingerprint density at radius 3 is 2.55 bits per heavy atom. The van der Waals surface area contributed by atoms with Crippen molar-refractivity contribution in [2.75, 3.05) is 19.0 Å². The van der Waals surface area contributed by atoms with Crippen molar-refractivity contribution in [3.63, 3.8) is 0 Å². The SMILES string of the molecule is COC(=O)/C(=C/CCCOC(=O)c1ccccc1)CBr. The molecule has 20 heavy (non-hydrogen) atoms. The predicted octanol–water partition coefficient (Wildman–Crippen LogP) is 3.12. The summed E-state index contributed by atoms with van der Waals surface area (Å²) in [4.78, 5) is 22.9.